The third kappa shape index (κ3) is 5.51. The monoisotopic (exact) mass is 333 g/mol. The molecule has 1 aromatic carbocycles. The zero-order chi connectivity index (χ0) is 16.7. The van der Waals surface area contributed by atoms with Crippen molar-refractivity contribution < 1.29 is 19.5 Å². The van der Waals surface area contributed by atoms with Crippen molar-refractivity contribution in [2.24, 2.45) is 0 Å². The van der Waals surface area contributed by atoms with E-state index in [-0.39, 0.29) is 11.6 Å². The van der Waals surface area contributed by atoms with Crippen molar-refractivity contribution in [2.75, 3.05) is 11.9 Å². The van der Waals surface area contributed by atoms with Gasteiger partial charge in [-0.3, -0.25) is 14.4 Å². The molecule has 8 heteroatoms. The molecular formula is C15H15N3O4S. The number of nitrogens with zero attached hydrogens (tertiary/aromatic N) is 1. The molecule has 0 saturated carbocycles. The Morgan fingerprint density at radius 2 is 1.91 bits per heavy atom. The van der Waals surface area contributed by atoms with Crippen LogP contribution < -0.4 is 10.6 Å². The summed E-state index contributed by atoms with van der Waals surface area (Å²) in [6.45, 7) is -0.477. The van der Waals surface area contributed by atoms with Crippen LogP contribution in [0.4, 0.5) is 5.13 Å². The fraction of sp³-hybridized carbons (Fsp3) is 0.200. The second-order valence-corrected chi connectivity index (χ2v) is 5.51. The number of benzene rings is 1. The molecule has 2 rings (SSSR count). The summed E-state index contributed by atoms with van der Waals surface area (Å²) in [7, 11) is 0. The van der Waals surface area contributed by atoms with Crippen molar-refractivity contribution in [3.63, 3.8) is 0 Å². The third-order valence-electron chi connectivity index (χ3n) is 2.87. The Morgan fingerprint density at radius 3 is 2.61 bits per heavy atom. The molecular weight excluding hydrogens is 318 g/mol. The van der Waals surface area contributed by atoms with Gasteiger partial charge in [0.2, 0.25) is 5.91 Å². The number of thiazole rings is 1. The average molecular weight is 333 g/mol. The number of rotatable bonds is 7. The Labute approximate surface area is 136 Å². The lowest BCUT2D eigenvalue weighted by Gasteiger charge is -2.02. The molecule has 0 aliphatic rings. The summed E-state index contributed by atoms with van der Waals surface area (Å²) in [5.41, 5.74) is 1.14. The van der Waals surface area contributed by atoms with Gasteiger partial charge in [0, 0.05) is 11.8 Å². The van der Waals surface area contributed by atoms with E-state index in [0.29, 0.717) is 18.0 Å². The minimum atomic E-state index is -1.14. The smallest absolute Gasteiger partial charge is 0.322 e. The van der Waals surface area contributed by atoms with Crippen LogP contribution in [0.15, 0.2) is 35.7 Å². The Balaban J connectivity index is 1.82. The molecule has 0 saturated heterocycles. The van der Waals surface area contributed by atoms with Crippen LogP contribution >= 0.6 is 11.3 Å². The first kappa shape index (κ1) is 16.6. The predicted molar refractivity (Wildman–Crippen MR) is 85.5 cm³/mol. The molecule has 1 heterocycles. The molecule has 0 aliphatic heterocycles. The Morgan fingerprint density at radius 1 is 1.17 bits per heavy atom. The van der Waals surface area contributed by atoms with Gasteiger partial charge in [-0.2, -0.15) is 0 Å². The third-order valence-corrected chi connectivity index (χ3v) is 3.62. The number of anilines is 1. The van der Waals surface area contributed by atoms with Crippen LogP contribution in [-0.2, 0) is 16.0 Å². The summed E-state index contributed by atoms with van der Waals surface area (Å²) >= 11 is 1.11. The molecule has 0 aliphatic carbocycles. The highest BCUT2D eigenvalue weighted by Gasteiger charge is 2.13. The highest BCUT2D eigenvalue weighted by atomic mass is 32.1. The molecule has 23 heavy (non-hydrogen) atoms. The number of carboxylic acids is 1. The lowest BCUT2D eigenvalue weighted by atomic mass is 10.1. The number of aryl methyl sites for hydroxylation is 1. The van der Waals surface area contributed by atoms with Gasteiger partial charge >= 0.3 is 5.97 Å². The standard InChI is InChI=1S/C15H15N3O4S/c19-12(7-6-10-4-2-1-3-5-10)18-15-17-11(9-23-15)14(22)16-8-13(20)21/h1-5,9H,6-8H2,(H,16,22)(H,20,21)(H,17,18,19). The van der Waals surface area contributed by atoms with E-state index in [1.165, 1.54) is 5.38 Å². The van der Waals surface area contributed by atoms with Gasteiger partial charge in [-0.05, 0) is 12.0 Å². The fourth-order valence-corrected chi connectivity index (χ4v) is 2.47. The van der Waals surface area contributed by atoms with Crippen molar-refractivity contribution in [1.29, 1.82) is 0 Å². The summed E-state index contributed by atoms with van der Waals surface area (Å²) in [5, 5.41) is 15.1. The lowest BCUT2D eigenvalue weighted by Crippen LogP contribution is -2.29. The van der Waals surface area contributed by atoms with Crippen LogP contribution in [-0.4, -0.2) is 34.4 Å². The van der Waals surface area contributed by atoms with Gasteiger partial charge in [0.05, 0.1) is 0 Å². The molecule has 0 atom stereocenters. The molecule has 2 aromatic rings. The first-order valence-electron chi connectivity index (χ1n) is 6.84. The van der Waals surface area contributed by atoms with E-state index in [0.717, 1.165) is 16.9 Å². The number of carbonyl (C=O) groups excluding carboxylic acids is 2. The van der Waals surface area contributed by atoms with E-state index in [9.17, 15) is 14.4 Å². The van der Waals surface area contributed by atoms with E-state index < -0.39 is 18.4 Å². The van der Waals surface area contributed by atoms with Crippen LogP contribution in [0.3, 0.4) is 0 Å². The second-order valence-electron chi connectivity index (χ2n) is 4.65. The summed E-state index contributed by atoms with van der Waals surface area (Å²) in [6.07, 6.45) is 0.925. The van der Waals surface area contributed by atoms with E-state index in [1.54, 1.807) is 0 Å². The number of nitrogens with one attached hydrogen (secondary N) is 2. The SMILES string of the molecule is O=C(O)CNC(=O)c1csc(NC(=O)CCc2ccccc2)n1. The number of aliphatic carboxylic acids is 1. The van der Waals surface area contributed by atoms with Gasteiger partial charge in [-0.1, -0.05) is 30.3 Å². The van der Waals surface area contributed by atoms with Crippen molar-refractivity contribution in [2.45, 2.75) is 12.8 Å². The zero-order valence-electron chi connectivity index (χ0n) is 12.1. The van der Waals surface area contributed by atoms with Gasteiger partial charge in [0.15, 0.2) is 5.13 Å². The second kappa shape index (κ2) is 8.04. The van der Waals surface area contributed by atoms with Crippen LogP contribution in [0.1, 0.15) is 22.5 Å². The number of carboxylic acid groups (broad SMARTS) is 1. The number of hydrogen-bond acceptors (Lipinski definition) is 5. The maximum Gasteiger partial charge on any atom is 0.322 e. The zero-order valence-corrected chi connectivity index (χ0v) is 12.9. The summed E-state index contributed by atoms with van der Waals surface area (Å²) < 4.78 is 0. The molecule has 0 radical (unpaired) electrons. The van der Waals surface area contributed by atoms with E-state index in [2.05, 4.69) is 15.6 Å². The fourth-order valence-electron chi connectivity index (χ4n) is 1.77. The Kier molecular flexibility index (Phi) is 5.81. The highest BCUT2D eigenvalue weighted by molar-refractivity contribution is 7.14. The van der Waals surface area contributed by atoms with Gasteiger partial charge in [0.25, 0.3) is 5.91 Å². The minimum Gasteiger partial charge on any atom is -0.480 e. The summed E-state index contributed by atoms with van der Waals surface area (Å²) in [4.78, 5) is 37.8. The maximum atomic E-state index is 11.9. The molecule has 0 spiro atoms. The van der Waals surface area contributed by atoms with Crippen LogP contribution in [0, 0.1) is 0 Å². The van der Waals surface area contributed by atoms with Crippen molar-refractivity contribution in [3.8, 4) is 0 Å². The molecule has 0 bridgehead atoms. The molecule has 0 unspecified atom stereocenters. The van der Waals surface area contributed by atoms with Crippen molar-refractivity contribution >= 4 is 34.3 Å². The first-order chi connectivity index (χ1) is 11.0. The highest BCUT2D eigenvalue weighted by Crippen LogP contribution is 2.16. The lowest BCUT2D eigenvalue weighted by molar-refractivity contribution is -0.135. The van der Waals surface area contributed by atoms with E-state index >= 15 is 0 Å². The maximum absolute atomic E-state index is 11.9. The van der Waals surface area contributed by atoms with Gasteiger partial charge in [-0.25, -0.2) is 4.98 Å². The number of carbonyl (C=O) groups is 3. The quantitative estimate of drug-likeness (QED) is 0.712. The largest absolute Gasteiger partial charge is 0.480 e. The topological polar surface area (TPSA) is 108 Å². The van der Waals surface area contributed by atoms with Crippen LogP contribution in [0.25, 0.3) is 0 Å². The molecule has 7 nitrogen and oxygen atoms in total. The summed E-state index contributed by atoms with van der Waals surface area (Å²) in [6, 6.07) is 9.63. The van der Waals surface area contributed by atoms with E-state index in [1.807, 2.05) is 30.3 Å². The molecule has 0 fully saturated rings. The van der Waals surface area contributed by atoms with Crippen molar-refractivity contribution in [1.82, 2.24) is 10.3 Å². The van der Waals surface area contributed by atoms with Gasteiger partial charge in [-0.15, -0.1) is 11.3 Å². The van der Waals surface area contributed by atoms with Crippen LogP contribution in [0.5, 0.6) is 0 Å². The van der Waals surface area contributed by atoms with E-state index in [4.69, 9.17) is 5.11 Å². The van der Waals surface area contributed by atoms with Gasteiger partial charge < -0.3 is 15.7 Å². The molecule has 2 amide bonds. The molecule has 1 aromatic heterocycles. The predicted octanol–water partition coefficient (Wildman–Crippen LogP) is 1.53. The van der Waals surface area contributed by atoms with Crippen molar-refractivity contribution in [3.05, 3.63) is 47.0 Å². The molecule has 120 valence electrons. The Bertz CT molecular complexity index is 700. The number of aromatic nitrogens is 1. The normalized spacial score (nSPS) is 10.1. The summed E-state index contributed by atoms with van der Waals surface area (Å²) in [5.74, 6) is -1.92. The van der Waals surface area contributed by atoms with Gasteiger partial charge in [0.1, 0.15) is 12.2 Å². The first-order valence-corrected chi connectivity index (χ1v) is 7.72. The Hall–Kier alpha value is -2.74. The minimum absolute atomic E-state index is 0.0783. The average Bonchev–Trinajstić information content (AvgIpc) is 3.00. The van der Waals surface area contributed by atoms with Crippen LogP contribution in [0.2, 0.25) is 0 Å². The number of amides is 2. The number of hydrogen-bond donors (Lipinski definition) is 3. The molecule has 3 N–H and O–H groups in total.